The van der Waals surface area contributed by atoms with E-state index in [4.69, 9.17) is 9.63 Å². The van der Waals surface area contributed by atoms with Crippen LogP contribution >= 0.6 is 8.25 Å². The van der Waals surface area contributed by atoms with Crippen LogP contribution in [0.25, 0.3) is 11.1 Å². The SMILES string of the molecule is Cc1ccc(OC(=O)CCO[PH](=O)O)c(C(C)(C)C)c1.c1ccc(-c2ccccc2)cc1. The smallest absolute Gasteiger partial charge is 0.316 e. The summed E-state index contributed by atoms with van der Waals surface area (Å²) in [5.41, 5.74) is 4.45. The lowest BCUT2D eigenvalue weighted by Crippen LogP contribution is -2.17. The molecule has 3 rings (SSSR count). The Kier molecular flexibility index (Phi) is 9.86. The molecule has 32 heavy (non-hydrogen) atoms. The Morgan fingerprint density at radius 3 is 1.91 bits per heavy atom. The Balaban J connectivity index is 0.000000255. The second-order valence-electron chi connectivity index (χ2n) is 8.32. The first kappa shape index (κ1) is 25.5. The van der Waals surface area contributed by atoms with Crippen LogP contribution in [-0.2, 0) is 19.3 Å². The molecular formula is C26H31O5P. The molecule has 0 spiro atoms. The van der Waals surface area contributed by atoms with Gasteiger partial charge in [0.15, 0.2) is 0 Å². The summed E-state index contributed by atoms with van der Waals surface area (Å²) in [7, 11) is -3.00. The Morgan fingerprint density at radius 2 is 1.44 bits per heavy atom. The van der Waals surface area contributed by atoms with Gasteiger partial charge in [0, 0.05) is 5.56 Å². The summed E-state index contributed by atoms with van der Waals surface area (Å²) in [5.74, 6) is 0.0346. The summed E-state index contributed by atoms with van der Waals surface area (Å²) in [6.45, 7) is 7.98. The first-order valence-corrected chi connectivity index (χ1v) is 11.7. The van der Waals surface area contributed by atoms with Crippen LogP contribution in [0.15, 0.2) is 78.9 Å². The molecule has 0 aliphatic heterocycles. The second kappa shape index (κ2) is 12.4. The van der Waals surface area contributed by atoms with Crippen molar-refractivity contribution >= 4 is 14.2 Å². The van der Waals surface area contributed by atoms with Crippen LogP contribution in [0.5, 0.6) is 5.75 Å². The fourth-order valence-electron chi connectivity index (χ4n) is 2.98. The number of carbonyl (C=O) groups is 1. The Labute approximate surface area is 191 Å². The van der Waals surface area contributed by atoms with Crippen molar-refractivity contribution in [3.8, 4) is 16.9 Å². The highest BCUT2D eigenvalue weighted by Crippen LogP contribution is 2.32. The highest BCUT2D eigenvalue weighted by molar-refractivity contribution is 7.32. The highest BCUT2D eigenvalue weighted by Gasteiger charge is 2.20. The summed E-state index contributed by atoms with van der Waals surface area (Å²) >= 11 is 0. The van der Waals surface area contributed by atoms with Gasteiger partial charge in [0.1, 0.15) is 5.75 Å². The van der Waals surface area contributed by atoms with E-state index >= 15 is 0 Å². The molecule has 0 saturated carbocycles. The molecule has 3 aromatic rings. The van der Waals surface area contributed by atoms with Gasteiger partial charge in [-0.25, -0.2) is 0 Å². The number of aryl methyl sites for hydroxylation is 1. The lowest BCUT2D eigenvalue weighted by molar-refractivity contribution is -0.134. The van der Waals surface area contributed by atoms with Crippen LogP contribution in [0.3, 0.4) is 0 Å². The normalized spacial score (nSPS) is 11.8. The minimum absolute atomic E-state index is 0.0611. The number of rotatable bonds is 6. The van der Waals surface area contributed by atoms with Gasteiger partial charge in [-0.05, 0) is 29.5 Å². The maximum absolute atomic E-state index is 11.7. The zero-order chi connectivity index (χ0) is 23.6. The minimum atomic E-state index is -3.00. The zero-order valence-electron chi connectivity index (χ0n) is 19.0. The van der Waals surface area contributed by atoms with Crippen molar-refractivity contribution in [3.05, 3.63) is 90.0 Å². The minimum Gasteiger partial charge on any atom is -0.426 e. The first-order chi connectivity index (χ1) is 15.2. The molecule has 170 valence electrons. The third kappa shape index (κ3) is 8.80. The molecule has 0 amide bonds. The van der Waals surface area contributed by atoms with E-state index in [1.54, 1.807) is 6.07 Å². The van der Waals surface area contributed by atoms with Crippen molar-refractivity contribution in [3.63, 3.8) is 0 Å². The Morgan fingerprint density at radius 1 is 0.906 bits per heavy atom. The van der Waals surface area contributed by atoms with Crippen LogP contribution in [-0.4, -0.2) is 17.5 Å². The fraction of sp³-hybridized carbons (Fsp3) is 0.269. The lowest BCUT2D eigenvalue weighted by Gasteiger charge is -2.22. The molecular weight excluding hydrogens is 423 g/mol. The topological polar surface area (TPSA) is 72.8 Å². The first-order valence-electron chi connectivity index (χ1n) is 10.4. The summed E-state index contributed by atoms with van der Waals surface area (Å²) in [4.78, 5) is 20.2. The van der Waals surface area contributed by atoms with E-state index in [-0.39, 0.29) is 18.4 Å². The Hall–Kier alpha value is -2.72. The van der Waals surface area contributed by atoms with E-state index in [1.807, 2.05) is 52.0 Å². The molecule has 0 bridgehead atoms. The number of benzene rings is 3. The molecule has 0 aliphatic carbocycles. The third-order valence-corrected chi connectivity index (χ3v) is 5.03. The van der Waals surface area contributed by atoms with Gasteiger partial charge in [0.05, 0.1) is 13.0 Å². The monoisotopic (exact) mass is 454 g/mol. The average molecular weight is 455 g/mol. The van der Waals surface area contributed by atoms with Crippen LogP contribution in [0.4, 0.5) is 0 Å². The molecule has 0 aliphatic rings. The molecule has 6 heteroatoms. The molecule has 0 saturated heterocycles. The predicted octanol–water partition coefficient (Wildman–Crippen LogP) is 6.34. The van der Waals surface area contributed by atoms with E-state index in [0.29, 0.717) is 5.75 Å². The van der Waals surface area contributed by atoms with Crippen molar-refractivity contribution in [1.29, 1.82) is 0 Å². The van der Waals surface area contributed by atoms with Gasteiger partial charge in [-0.3, -0.25) is 9.36 Å². The molecule has 1 atom stereocenters. The number of carbonyl (C=O) groups excluding carboxylic acids is 1. The number of hydrogen-bond acceptors (Lipinski definition) is 4. The lowest BCUT2D eigenvalue weighted by atomic mass is 9.85. The number of esters is 1. The van der Waals surface area contributed by atoms with Gasteiger partial charge in [0.25, 0.3) is 0 Å². The quantitative estimate of drug-likeness (QED) is 0.267. The second-order valence-corrected chi connectivity index (χ2v) is 9.14. The molecule has 0 aromatic heterocycles. The van der Waals surface area contributed by atoms with Crippen LogP contribution < -0.4 is 4.74 Å². The summed E-state index contributed by atoms with van der Waals surface area (Å²) in [5, 5.41) is 0. The van der Waals surface area contributed by atoms with Crippen LogP contribution in [0, 0.1) is 6.92 Å². The van der Waals surface area contributed by atoms with Crippen molar-refractivity contribution in [2.24, 2.45) is 0 Å². The average Bonchev–Trinajstić information content (AvgIpc) is 2.76. The van der Waals surface area contributed by atoms with E-state index in [2.05, 4.69) is 53.1 Å². The maximum Gasteiger partial charge on any atom is 0.316 e. The van der Waals surface area contributed by atoms with Crippen LogP contribution in [0.1, 0.15) is 38.3 Å². The molecule has 1 N–H and O–H groups in total. The van der Waals surface area contributed by atoms with Gasteiger partial charge in [-0.2, -0.15) is 0 Å². The molecule has 3 aromatic carbocycles. The van der Waals surface area contributed by atoms with E-state index < -0.39 is 14.2 Å². The molecule has 0 fully saturated rings. The number of ether oxygens (including phenoxy) is 1. The largest absolute Gasteiger partial charge is 0.426 e. The highest BCUT2D eigenvalue weighted by atomic mass is 31.1. The van der Waals surface area contributed by atoms with Gasteiger partial charge in [-0.15, -0.1) is 0 Å². The zero-order valence-corrected chi connectivity index (χ0v) is 20.0. The maximum atomic E-state index is 11.7. The van der Waals surface area contributed by atoms with Gasteiger partial charge in [-0.1, -0.05) is 99.1 Å². The summed E-state index contributed by atoms with van der Waals surface area (Å²) < 4.78 is 20.2. The van der Waals surface area contributed by atoms with Gasteiger partial charge < -0.3 is 14.2 Å². The van der Waals surface area contributed by atoms with Gasteiger partial charge in [0.2, 0.25) is 0 Å². The van der Waals surface area contributed by atoms with E-state index in [0.717, 1.165) is 11.1 Å². The molecule has 5 nitrogen and oxygen atoms in total. The van der Waals surface area contributed by atoms with Gasteiger partial charge >= 0.3 is 14.2 Å². The van der Waals surface area contributed by atoms with Crippen molar-refractivity contribution in [2.45, 2.75) is 39.5 Å². The van der Waals surface area contributed by atoms with E-state index in [1.165, 1.54) is 11.1 Å². The third-order valence-electron chi connectivity index (χ3n) is 4.58. The van der Waals surface area contributed by atoms with Crippen molar-refractivity contribution in [2.75, 3.05) is 6.61 Å². The predicted molar refractivity (Wildman–Crippen MR) is 129 cm³/mol. The van der Waals surface area contributed by atoms with Crippen molar-refractivity contribution in [1.82, 2.24) is 0 Å². The number of hydrogen-bond donors (Lipinski definition) is 1. The fourth-order valence-corrected chi connectivity index (χ4v) is 3.25. The van der Waals surface area contributed by atoms with E-state index in [9.17, 15) is 9.36 Å². The summed E-state index contributed by atoms with van der Waals surface area (Å²) in [6.07, 6.45) is -0.0611. The summed E-state index contributed by atoms with van der Waals surface area (Å²) in [6, 6.07) is 26.4. The molecule has 0 heterocycles. The van der Waals surface area contributed by atoms with Crippen molar-refractivity contribution < 1.29 is 23.5 Å². The van der Waals surface area contributed by atoms with Crippen LogP contribution in [0.2, 0.25) is 0 Å². The molecule has 0 radical (unpaired) electrons. The Bertz CT molecular complexity index is 974. The molecule has 1 unspecified atom stereocenters. The standard InChI is InChI=1S/C14H21O5P.C12H10/c1-10-5-6-12(11(9-10)14(2,3)4)19-13(15)7-8-18-20(16)17;1-3-7-11(8-4-1)12-9-5-2-6-10-12/h5-6,9,20H,7-8H2,1-4H3,(H,16,17);1-10H.